The fraction of sp³-hybridized carbons (Fsp3) is 0.905. The van der Waals surface area contributed by atoms with E-state index in [1.165, 1.54) is 0 Å². The van der Waals surface area contributed by atoms with E-state index in [0.29, 0.717) is 42.7 Å². The summed E-state index contributed by atoms with van der Waals surface area (Å²) in [6.45, 7) is 12.7. The van der Waals surface area contributed by atoms with Crippen LogP contribution in [0.4, 0.5) is 0 Å². The molecule has 0 aromatic rings. The van der Waals surface area contributed by atoms with Gasteiger partial charge in [-0.2, -0.15) is 0 Å². The van der Waals surface area contributed by atoms with Crippen LogP contribution in [0.2, 0.25) is 0 Å². The van der Waals surface area contributed by atoms with Crippen molar-refractivity contribution in [1.29, 1.82) is 0 Å². The van der Waals surface area contributed by atoms with Gasteiger partial charge in [-0.1, -0.05) is 34.6 Å². The maximum Gasteiger partial charge on any atom is 0.223 e. The molecule has 4 nitrogen and oxygen atoms in total. The minimum absolute atomic E-state index is 0.0328. The van der Waals surface area contributed by atoms with Crippen molar-refractivity contribution in [1.82, 2.24) is 10.2 Å². The van der Waals surface area contributed by atoms with Crippen molar-refractivity contribution in [3.8, 4) is 0 Å². The van der Waals surface area contributed by atoms with Crippen molar-refractivity contribution in [2.24, 2.45) is 17.3 Å². The summed E-state index contributed by atoms with van der Waals surface area (Å²) in [6, 6.07) is 1.09. The number of fused-ring (bicyclic) bond motifs is 2. The van der Waals surface area contributed by atoms with Crippen LogP contribution in [0.15, 0.2) is 0 Å². The molecule has 4 heteroatoms. The van der Waals surface area contributed by atoms with Crippen molar-refractivity contribution >= 4 is 11.8 Å². The average Bonchev–Trinajstić information content (AvgIpc) is 2.67. The van der Waals surface area contributed by atoms with E-state index < -0.39 is 0 Å². The van der Waals surface area contributed by atoms with E-state index in [1.54, 1.807) is 0 Å². The van der Waals surface area contributed by atoms with Gasteiger partial charge in [0.1, 0.15) is 0 Å². The molecule has 144 valence electrons. The van der Waals surface area contributed by atoms with E-state index in [2.05, 4.69) is 51.8 Å². The lowest BCUT2D eigenvalue weighted by Crippen LogP contribution is -2.48. The predicted molar refractivity (Wildman–Crippen MR) is 102 cm³/mol. The number of carbonyl (C=O) groups excluding carboxylic acids is 2. The summed E-state index contributed by atoms with van der Waals surface area (Å²) in [5, 5.41) is 3.17. The van der Waals surface area contributed by atoms with E-state index >= 15 is 0 Å². The fourth-order valence-electron chi connectivity index (χ4n) is 4.71. The number of nitrogens with zero attached hydrogens (tertiary/aromatic N) is 1. The minimum atomic E-state index is 0.0328. The molecule has 3 atom stereocenters. The Morgan fingerprint density at radius 3 is 2.12 bits per heavy atom. The SMILES string of the molecule is CC(C)CC(=O)N1C2CCC1CC(CC(C)NC(=O)CC(C)(C)C)C2. The van der Waals surface area contributed by atoms with Gasteiger partial charge in [-0.25, -0.2) is 0 Å². The summed E-state index contributed by atoms with van der Waals surface area (Å²) < 4.78 is 0. The smallest absolute Gasteiger partial charge is 0.223 e. The first-order chi connectivity index (χ1) is 11.5. The van der Waals surface area contributed by atoms with E-state index in [4.69, 9.17) is 0 Å². The summed E-state index contributed by atoms with van der Waals surface area (Å²) in [5.41, 5.74) is 0.0328. The molecule has 2 fully saturated rings. The molecule has 2 amide bonds. The third-order valence-electron chi connectivity index (χ3n) is 5.49. The molecule has 0 aromatic heterocycles. The van der Waals surface area contributed by atoms with Gasteiger partial charge >= 0.3 is 0 Å². The molecule has 2 bridgehead atoms. The van der Waals surface area contributed by atoms with Crippen LogP contribution in [0, 0.1) is 17.3 Å². The number of carbonyl (C=O) groups is 2. The van der Waals surface area contributed by atoms with Crippen LogP contribution >= 0.6 is 0 Å². The van der Waals surface area contributed by atoms with E-state index in [-0.39, 0.29) is 17.4 Å². The quantitative estimate of drug-likeness (QED) is 0.783. The molecule has 0 spiro atoms. The van der Waals surface area contributed by atoms with Crippen molar-refractivity contribution < 1.29 is 9.59 Å². The van der Waals surface area contributed by atoms with Crippen LogP contribution in [0.5, 0.6) is 0 Å². The molecule has 0 saturated carbocycles. The minimum Gasteiger partial charge on any atom is -0.354 e. The molecule has 2 saturated heterocycles. The Balaban J connectivity index is 1.83. The zero-order valence-electron chi connectivity index (χ0n) is 17.1. The summed E-state index contributed by atoms with van der Waals surface area (Å²) in [6.07, 6.45) is 6.84. The first-order valence-electron chi connectivity index (χ1n) is 10.2. The van der Waals surface area contributed by atoms with E-state index in [0.717, 1.165) is 32.1 Å². The van der Waals surface area contributed by atoms with Crippen LogP contribution in [-0.4, -0.2) is 34.8 Å². The standard InChI is InChI=1S/C21H38N2O2/c1-14(2)9-20(25)23-17-7-8-18(23)12-16(11-17)10-15(3)22-19(24)13-21(4,5)6/h14-18H,7-13H2,1-6H3,(H,22,24). The molecule has 25 heavy (non-hydrogen) atoms. The monoisotopic (exact) mass is 350 g/mol. The Bertz CT molecular complexity index is 467. The summed E-state index contributed by atoms with van der Waals surface area (Å²) in [4.78, 5) is 26.9. The van der Waals surface area contributed by atoms with Crippen molar-refractivity contribution in [3.05, 3.63) is 0 Å². The maximum atomic E-state index is 12.5. The largest absolute Gasteiger partial charge is 0.354 e. The number of amides is 2. The second-order valence-electron chi connectivity index (χ2n) is 10.1. The van der Waals surface area contributed by atoms with Gasteiger partial charge in [-0.3, -0.25) is 9.59 Å². The first-order valence-corrected chi connectivity index (χ1v) is 10.2. The Morgan fingerprint density at radius 2 is 1.64 bits per heavy atom. The first kappa shape index (κ1) is 20.3. The molecular formula is C21H38N2O2. The van der Waals surface area contributed by atoms with E-state index in [1.807, 2.05) is 0 Å². The van der Waals surface area contributed by atoms with Gasteiger partial charge in [0.15, 0.2) is 0 Å². The molecule has 2 aliphatic heterocycles. The number of nitrogens with one attached hydrogen (secondary N) is 1. The number of hydrogen-bond donors (Lipinski definition) is 1. The molecule has 2 rings (SSSR count). The lowest BCUT2D eigenvalue weighted by Gasteiger charge is -2.40. The molecular weight excluding hydrogens is 312 g/mol. The Hall–Kier alpha value is -1.06. The lowest BCUT2D eigenvalue weighted by molar-refractivity contribution is -0.137. The fourth-order valence-corrected chi connectivity index (χ4v) is 4.71. The molecule has 2 aliphatic rings. The van der Waals surface area contributed by atoms with Gasteiger partial charge in [0, 0.05) is 31.0 Å². The maximum absolute atomic E-state index is 12.5. The van der Waals surface area contributed by atoms with Crippen LogP contribution < -0.4 is 5.32 Å². The molecule has 2 heterocycles. The van der Waals surface area contributed by atoms with Gasteiger partial charge in [-0.15, -0.1) is 0 Å². The van der Waals surface area contributed by atoms with Gasteiger partial charge in [0.05, 0.1) is 0 Å². The zero-order chi connectivity index (χ0) is 18.8. The Morgan fingerprint density at radius 1 is 1.08 bits per heavy atom. The normalized spacial score (nSPS) is 27.5. The summed E-state index contributed by atoms with van der Waals surface area (Å²) in [7, 11) is 0. The van der Waals surface area contributed by atoms with Gasteiger partial charge < -0.3 is 10.2 Å². The molecule has 0 aromatic carbocycles. The molecule has 0 radical (unpaired) electrons. The average molecular weight is 351 g/mol. The highest BCUT2D eigenvalue weighted by molar-refractivity contribution is 5.77. The molecule has 1 N–H and O–H groups in total. The van der Waals surface area contributed by atoms with Crippen LogP contribution in [0.3, 0.4) is 0 Å². The number of piperidine rings is 1. The Labute approximate surface area is 154 Å². The van der Waals surface area contributed by atoms with Crippen molar-refractivity contribution in [2.75, 3.05) is 0 Å². The summed E-state index contributed by atoms with van der Waals surface area (Å²) >= 11 is 0. The van der Waals surface area contributed by atoms with E-state index in [9.17, 15) is 9.59 Å². The number of hydrogen-bond acceptors (Lipinski definition) is 2. The van der Waals surface area contributed by atoms with Gasteiger partial charge in [0.25, 0.3) is 0 Å². The Kier molecular flexibility index (Phi) is 6.56. The van der Waals surface area contributed by atoms with Crippen molar-refractivity contribution in [2.45, 2.75) is 105 Å². The third-order valence-corrected chi connectivity index (χ3v) is 5.49. The van der Waals surface area contributed by atoms with Crippen LogP contribution in [0.1, 0.15) is 86.5 Å². The lowest BCUT2D eigenvalue weighted by atomic mass is 9.85. The molecule has 3 unspecified atom stereocenters. The predicted octanol–water partition coefficient (Wildman–Crippen LogP) is 4.13. The highest BCUT2D eigenvalue weighted by atomic mass is 16.2. The van der Waals surface area contributed by atoms with Crippen molar-refractivity contribution in [3.63, 3.8) is 0 Å². The highest BCUT2D eigenvalue weighted by Gasteiger charge is 2.43. The van der Waals surface area contributed by atoms with Gasteiger partial charge in [0.2, 0.25) is 11.8 Å². The second kappa shape index (κ2) is 8.09. The van der Waals surface area contributed by atoms with Crippen LogP contribution in [0.25, 0.3) is 0 Å². The third kappa shape index (κ3) is 6.00. The zero-order valence-corrected chi connectivity index (χ0v) is 17.1. The van der Waals surface area contributed by atoms with Crippen LogP contribution in [-0.2, 0) is 9.59 Å². The molecule has 0 aliphatic carbocycles. The number of rotatable bonds is 6. The topological polar surface area (TPSA) is 49.4 Å². The second-order valence-corrected chi connectivity index (χ2v) is 10.1. The van der Waals surface area contributed by atoms with Gasteiger partial charge in [-0.05, 0) is 56.3 Å². The summed E-state index contributed by atoms with van der Waals surface area (Å²) in [5.74, 6) is 1.58. The highest BCUT2D eigenvalue weighted by Crippen LogP contribution is 2.40.